The molecule has 3 aliphatic rings. The molecule has 6 rings (SSSR count). The van der Waals surface area contributed by atoms with Crippen molar-refractivity contribution >= 4 is 17.5 Å². The first-order chi connectivity index (χ1) is 17.7. The number of ether oxygens (including phenoxy) is 2. The summed E-state index contributed by atoms with van der Waals surface area (Å²) in [6.07, 6.45) is 5.39. The second kappa shape index (κ2) is 9.57. The van der Waals surface area contributed by atoms with E-state index in [0.717, 1.165) is 35.4 Å². The molecule has 2 aliphatic heterocycles. The first-order valence-electron chi connectivity index (χ1n) is 12.6. The summed E-state index contributed by atoms with van der Waals surface area (Å²) < 4.78 is 10.9. The number of hydrogen-bond donors (Lipinski definition) is 2. The Labute approximate surface area is 210 Å². The lowest BCUT2D eigenvalue weighted by atomic mass is 9.95. The van der Waals surface area contributed by atoms with Crippen LogP contribution >= 0.6 is 0 Å². The summed E-state index contributed by atoms with van der Waals surface area (Å²) in [5.41, 5.74) is 4.07. The van der Waals surface area contributed by atoms with Crippen molar-refractivity contribution in [2.75, 3.05) is 12.1 Å². The number of hydrogen-bond acceptors (Lipinski definition) is 5. The number of carbonyl (C=O) groups excluding carboxylic acids is 2. The number of benzene rings is 3. The summed E-state index contributed by atoms with van der Waals surface area (Å²) in [6.45, 7) is 0.634. The van der Waals surface area contributed by atoms with E-state index in [1.165, 1.54) is 19.3 Å². The highest BCUT2D eigenvalue weighted by atomic mass is 16.7. The smallest absolute Gasteiger partial charge is 0.256 e. The van der Waals surface area contributed by atoms with Crippen molar-refractivity contribution in [3.63, 3.8) is 0 Å². The van der Waals surface area contributed by atoms with E-state index in [1.807, 2.05) is 71.6 Å². The molecule has 2 N–H and O–H groups in total. The van der Waals surface area contributed by atoms with Gasteiger partial charge in [0.05, 0.1) is 0 Å². The lowest BCUT2D eigenvalue weighted by molar-refractivity contribution is 0.0728. The maximum absolute atomic E-state index is 13.3. The summed E-state index contributed by atoms with van der Waals surface area (Å²) in [5.74, 6) is 1.36. The molecule has 7 heteroatoms. The maximum atomic E-state index is 13.3. The monoisotopic (exact) mass is 483 g/mol. The average Bonchev–Trinajstić information content (AvgIpc) is 3.48. The molecule has 2 amide bonds. The highest BCUT2D eigenvalue weighted by molar-refractivity contribution is 5.99. The minimum atomic E-state index is -0.332. The third kappa shape index (κ3) is 4.37. The summed E-state index contributed by atoms with van der Waals surface area (Å²) in [6, 6.07) is 21.2. The van der Waals surface area contributed by atoms with Gasteiger partial charge < -0.3 is 25.0 Å². The van der Waals surface area contributed by atoms with Crippen molar-refractivity contribution in [1.82, 2.24) is 10.2 Å². The molecule has 1 unspecified atom stereocenters. The number of nitrogens with zero attached hydrogens (tertiary/aromatic N) is 1. The normalized spacial score (nSPS) is 18.7. The molecule has 36 heavy (non-hydrogen) atoms. The van der Waals surface area contributed by atoms with E-state index < -0.39 is 0 Å². The zero-order valence-electron chi connectivity index (χ0n) is 20.0. The van der Waals surface area contributed by atoms with E-state index in [9.17, 15) is 9.59 Å². The third-order valence-electron chi connectivity index (χ3n) is 7.24. The Hall–Kier alpha value is -4.00. The molecule has 1 saturated carbocycles. The number of amides is 2. The van der Waals surface area contributed by atoms with Crippen LogP contribution in [0.15, 0.2) is 66.7 Å². The van der Waals surface area contributed by atoms with Gasteiger partial charge in [-0.15, -0.1) is 0 Å². The second-order valence-corrected chi connectivity index (χ2v) is 9.64. The molecular formula is C29H29N3O4. The van der Waals surface area contributed by atoms with E-state index in [2.05, 4.69) is 10.6 Å². The van der Waals surface area contributed by atoms with Gasteiger partial charge in [0.15, 0.2) is 11.5 Å². The lowest BCUT2D eigenvalue weighted by Gasteiger charge is -2.27. The standard InChI is InChI=1S/C29H29N3O4/c33-28(31-21-6-2-1-3-7-21)20-11-13-22(14-12-20)30-27-23-8-4-5-9-24(23)29(34)32(27)17-19-10-15-25-26(16-19)36-18-35-25/h4-5,8-16,21,27,30H,1-3,6-7,17-18H2,(H,31,33). The average molecular weight is 484 g/mol. The summed E-state index contributed by atoms with van der Waals surface area (Å²) in [5, 5.41) is 6.68. The minimum absolute atomic E-state index is 0.0238. The first-order valence-corrected chi connectivity index (χ1v) is 12.6. The first kappa shape index (κ1) is 22.5. The molecule has 3 aromatic carbocycles. The molecule has 0 spiro atoms. The van der Waals surface area contributed by atoms with Gasteiger partial charge in [0.2, 0.25) is 6.79 Å². The van der Waals surface area contributed by atoms with Crippen LogP contribution in [-0.2, 0) is 6.54 Å². The van der Waals surface area contributed by atoms with Crippen molar-refractivity contribution in [3.8, 4) is 11.5 Å². The van der Waals surface area contributed by atoms with Gasteiger partial charge in [-0.25, -0.2) is 0 Å². The van der Waals surface area contributed by atoms with Crippen molar-refractivity contribution in [2.45, 2.75) is 50.9 Å². The number of rotatable bonds is 6. The SMILES string of the molecule is O=C(NC1CCCCC1)c1ccc(NC2c3ccccc3C(=O)N2Cc2ccc3c(c2)OCO3)cc1. The van der Waals surface area contributed by atoms with Crippen molar-refractivity contribution in [2.24, 2.45) is 0 Å². The Bertz CT molecular complexity index is 1280. The molecule has 0 saturated heterocycles. The summed E-state index contributed by atoms with van der Waals surface area (Å²) in [4.78, 5) is 27.9. The number of fused-ring (bicyclic) bond motifs is 2. The van der Waals surface area contributed by atoms with Crippen LogP contribution < -0.4 is 20.1 Å². The number of anilines is 1. The van der Waals surface area contributed by atoms with Crippen molar-refractivity contribution in [1.29, 1.82) is 0 Å². The molecule has 1 fully saturated rings. The molecular weight excluding hydrogens is 454 g/mol. The van der Waals surface area contributed by atoms with Crippen LogP contribution in [0.25, 0.3) is 0 Å². The van der Waals surface area contributed by atoms with Crippen molar-refractivity contribution < 1.29 is 19.1 Å². The molecule has 7 nitrogen and oxygen atoms in total. The molecule has 0 radical (unpaired) electrons. The molecule has 1 atom stereocenters. The summed E-state index contributed by atoms with van der Waals surface area (Å²) in [7, 11) is 0. The van der Waals surface area contributed by atoms with Gasteiger partial charge in [0, 0.05) is 35.0 Å². The Balaban J connectivity index is 1.20. The molecule has 3 aromatic rings. The van der Waals surface area contributed by atoms with Crippen molar-refractivity contribution in [3.05, 3.63) is 89.0 Å². The summed E-state index contributed by atoms with van der Waals surface area (Å²) >= 11 is 0. The second-order valence-electron chi connectivity index (χ2n) is 9.64. The predicted molar refractivity (Wildman–Crippen MR) is 136 cm³/mol. The van der Waals surface area contributed by atoms with E-state index in [-0.39, 0.29) is 30.8 Å². The van der Waals surface area contributed by atoms with Gasteiger partial charge in [0.25, 0.3) is 11.8 Å². The number of carbonyl (C=O) groups is 2. The van der Waals surface area contributed by atoms with Crippen LogP contribution in [0, 0.1) is 0 Å². The fourth-order valence-corrected chi connectivity index (χ4v) is 5.32. The van der Waals surface area contributed by atoms with Crippen LogP contribution in [0.1, 0.15) is 70.1 Å². The Kier molecular flexibility index (Phi) is 5.97. The highest BCUT2D eigenvalue weighted by Crippen LogP contribution is 2.38. The van der Waals surface area contributed by atoms with E-state index in [4.69, 9.17) is 9.47 Å². The zero-order valence-corrected chi connectivity index (χ0v) is 20.0. The van der Waals surface area contributed by atoms with Gasteiger partial charge in [-0.1, -0.05) is 43.5 Å². The fraction of sp³-hybridized carbons (Fsp3) is 0.310. The topological polar surface area (TPSA) is 79.9 Å². The van der Waals surface area contributed by atoms with Crippen LogP contribution in [0.4, 0.5) is 5.69 Å². The molecule has 2 heterocycles. The fourth-order valence-electron chi connectivity index (χ4n) is 5.32. The molecule has 184 valence electrons. The van der Waals surface area contributed by atoms with Crippen LogP contribution in [0.2, 0.25) is 0 Å². The highest BCUT2D eigenvalue weighted by Gasteiger charge is 2.36. The Morgan fingerprint density at radius 2 is 1.69 bits per heavy atom. The van der Waals surface area contributed by atoms with Gasteiger partial charge in [0.1, 0.15) is 6.17 Å². The Morgan fingerprint density at radius 3 is 2.53 bits per heavy atom. The maximum Gasteiger partial charge on any atom is 0.256 e. The quantitative estimate of drug-likeness (QED) is 0.501. The molecule has 0 aromatic heterocycles. The van der Waals surface area contributed by atoms with Gasteiger partial charge in [-0.2, -0.15) is 0 Å². The molecule has 1 aliphatic carbocycles. The lowest BCUT2D eigenvalue weighted by Crippen LogP contribution is -2.36. The Morgan fingerprint density at radius 1 is 0.917 bits per heavy atom. The largest absolute Gasteiger partial charge is 0.454 e. The predicted octanol–water partition coefficient (Wildman–Crippen LogP) is 5.24. The van der Waals surface area contributed by atoms with Crippen LogP contribution in [0.3, 0.4) is 0 Å². The van der Waals surface area contributed by atoms with E-state index >= 15 is 0 Å². The van der Waals surface area contributed by atoms with Gasteiger partial charge in [-0.05, 0) is 60.9 Å². The minimum Gasteiger partial charge on any atom is -0.454 e. The zero-order chi connectivity index (χ0) is 24.5. The third-order valence-corrected chi connectivity index (χ3v) is 7.24. The van der Waals surface area contributed by atoms with Crippen LogP contribution in [0.5, 0.6) is 11.5 Å². The molecule has 0 bridgehead atoms. The van der Waals surface area contributed by atoms with Crippen LogP contribution in [-0.4, -0.2) is 29.5 Å². The van der Waals surface area contributed by atoms with E-state index in [1.54, 1.807) is 0 Å². The number of nitrogens with one attached hydrogen (secondary N) is 2. The van der Waals surface area contributed by atoms with Gasteiger partial charge >= 0.3 is 0 Å². The van der Waals surface area contributed by atoms with E-state index in [0.29, 0.717) is 23.4 Å². The van der Waals surface area contributed by atoms with Gasteiger partial charge in [-0.3, -0.25) is 9.59 Å².